The van der Waals surface area contributed by atoms with Crippen LogP contribution in [-0.4, -0.2) is 62.8 Å². The van der Waals surface area contributed by atoms with Gasteiger partial charge in [0.2, 0.25) is 5.95 Å². The predicted molar refractivity (Wildman–Crippen MR) is 121 cm³/mol. The number of fused-ring (bicyclic) bond motifs is 1. The van der Waals surface area contributed by atoms with Crippen LogP contribution in [0.3, 0.4) is 0 Å². The Morgan fingerprint density at radius 1 is 1.03 bits per heavy atom. The van der Waals surface area contributed by atoms with Crippen LogP contribution in [0.4, 0.5) is 21.8 Å². The van der Waals surface area contributed by atoms with Crippen LogP contribution < -0.4 is 10.6 Å². The molecule has 1 aromatic carbocycles. The molecule has 32 heavy (non-hydrogen) atoms. The summed E-state index contributed by atoms with van der Waals surface area (Å²) in [5.41, 5.74) is 1.12. The summed E-state index contributed by atoms with van der Waals surface area (Å²) in [7, 11) is 3.57. The number of anilines is 3. The fraction of sp³-hybridized carbons (Fsp3) is 0.478. The molecule has 4 rings (SSSR count). The Morgan fingerprint density at radius 2 is 1.66 bits per heavy atom. The summed E-state index contributed by atoms with van der Waals surface area (Å²) >= 11 is 0. The van der Waals surface area contributed by atoms with Crippen LogP contribution in [0.15, 0.2) is 24.4 Å². The van der Waals surface area contributed by atoms with Gasteiger partial charge in [-0.2, -0.15) is 4.98 Å². The Morgan fingerprint density at radius 3 is 2.31 bits per heavy atom. The van der Waals surface area contributed by atoms with Crippen LogP contribution in [0, 0.1) is 5.82 Å². The van der Waals surface area contributed by atoms with Crippen LogP contribution in [-0.2, 0) is 0 Å². The quantitative estimate of drug-likeness (QED) is 0.702. The number of nitrogens with zero attached hydrogens (tertiary/aromatic N) is 4. The van der Waals surface area contributed by atoms with Crippen LogP contribution in [0.2, 0.25) is 0 Å². The summed E-state index contributed by atoms with van der Waals surface area (Å²) < 4.78 is 14.5. The number of aromatic nitrogens is 2. The molecular formula is C23H29FN6O2. The predicted octanol–water partition coefficient (Wildman–Crippen LogP) is 3.65. The molecule has 0 radical (unpaired) electrons. The van der Waals surface area contributed by atoms with E-state index in [1.165, 1.54) is 7.05 Å². The highest BCUT2D eigenvalue weighted by Crippen LogP contribution is 2.38. The molecule has 0 unspecified atom stereocenters. The standard InChI is InChI=1S/C23H29FN6O2/c1-22(2)10-14(11-23(3,4)30(22)6)26-18-17(24)12-25-21(28-18)27-13-7-8-15-16(9-13)20(32)29(5)19(15)31/h7-9,12,14H,10-11H2,1-6H3,(H2,25,26,27,28). The van der Waals surface area contributed by atoms with Crippen molar-refractivity contribution in [2.75, 3.05) is 24.7 Å². The van der Waals surface area contributed by atoms with Crippen molar-refractivity contribution in [3.8, 4) is 0 Å². The molecule has 1 saturated heterocycles. The van der Waals surface area contributed by atoms with E-state index in [4.69, 9.17) is 0 Å². The molecule has 0 spiro atoms. The fourth-order valence-electron chi connectivity index (χ4n) is 4.76. The first kappa shape index (κ1) is 22.1. The number of hydrogen-bond acceptors (Lipinski definition) is 7. The third-order valence-electron chi connectivity index (χ3n) is 6.74. The minimum atomic E-state index is -0.526. The number of carbonyl (C=O) groups is 2. The Balaban J connectivity index is 1.54. The van der Waals surface area contributed by atoms with Crippen LogP contribution in [0.25, 0.3) is 0 Å². The summed E-state index contributed by atoms with van der Waals surface area (Å²) in [5.74, 6) is -0.878. The lowest BCUT2D eigenvalue weighted by Gasteiger charge is -2.53. The third-order valence-corrected chi connectivity index (χ3v) is 6.74. The number of imide groups is 1. The molecule has 170 valence electrons. The van der Waals surface area contributed by atoms with Crippen molar-refractivity contribution >= 4 is 29.3 Å². The summed E-state index contributed by atoms with van der Waals surface area (Å²) in [6.07, 6.45) is 2.81. The third kappa shape index (κ3) is 3.81. The molecule has 1 aromatic heterocycles. The molecule has 2 N–H and O–H groups in total. The highest BCUT2D eigenvalue weighted by molar-refractivity contribution is 6.21. The number of piperidine rings is 1. The Bertz CT molecular complexity index is 1080. The monoisotopic (exact) mass is 440 g/mol. The van der Waals surface area contributed by atoms with Crippen molar-refractivity contribution in [2.24, 2.45) is 0 Å². The van der Waals surface area contributed by atoms with Gasteiger partial charge in [-0.1, -0.05) is 0 Å². The highest BCUT2D eigenvalue weighted by Gasteiger charge is 2.43. The molecule has 2 aliphatic rings. The van der Waals surface area contributed by atoms with Crippen molar-refractivity contribution in [3.63, 3.8) is 0 Å². The maximum absolute atomic E-state index is 14.5. The minimum absolute atomic E-state index is 0.0487. The van der Waals surface area contributed by atoms with E-state index in [2.05, 4.69) is 60.2 Å². The van der Waals surface area contributed by atoms with Gasteiger partial charge in [-0.3, -0.25) is 19.4 Å². The van der Waals surface area contributed by atoms with Crippen molar-refractivity contribution in [3.05, 3.63) is 41.3 Å². The Labute approximate surface area is 187 Å². The summed E-state index contributed by atoms with van der Waals surface area (Å²) in [5, 5.41) is 6.28. The number of likely N-dealkylation sites (tertiary alicyclic amines) is 1. The summed E-state index contributed by atoms with van der Waals surface area (Å²) in [4.78, 5) is 36.1. The maximum Gasteiger partial charge on any atom is 0.261 e. The molecule has 0 aliphatic carbocycles. The van der Waals surface area contributed by atoms with Gasteiger partial charge in [0, 0.05) is 29.9 Å². The lowest BCUT2D eigenvalue weighted by Crippen LogP contribution is -2.61. The number of amides is 2. The first-order valence-corrected chi connectivity index (χ1v) is 10.7. The molecule has 2 aromatic rings. The number of carbonyl (C=O) groups excluding carboxylic acids is 2. The fourth-order valence-corrected chi connectivity index (χ4v) is 4.76. The molecule has 1 fully saturated rings. The van der Waals surface area contributed by atoms with E-state index in [1.807, 2.05) is 0 Å². The Kier molecular flexibility index (Phi) is 5.20. The first-order valence-electron chi connectivity index (χ1n) is 10.7. The maximum atomic E-state index is 14.5. The molecular weight excluding hydrogens is 411 g/mol. The SMILES string of the molecule is CN1C(=O)c2ccc(Nc3ncc(F)c(NC4CC(C)(C)N(C)C(C)(C)C4)n3)cc2C1=O. The number of halogens is 1. The second kappa shape index (κ2) is 7.51. The minimum Gasteiger partial charge on any atom is -0.365 e. The van der Waals surface area contributed by atoms with E-state index in [-0.39, 0.29) is 40.7 Å². The van der Waals surface area contributed by atoms with Gasteiger partial charge >= 0.3 is 0 Å². The zero-order chi connectivity index (χ0) is 23.4. The van der Waals surface area contributed by atoms with Crippen LogP contribution in [0.1, 0.15) is 61.3 Å². The van der Waals surface area contributed by atoms with E-state index in [0.717, 1.165) is 23.9 Å². The normalized spacial score (nSPS) is 20.4. The number of rotatable bonds is 4. The molecule has 0 atom stereocenters. The largest absolute Gasteiger partial charge is 0.365 e. The van der Waals surface area contributed by atoms with Crippen molar-refractivity contribution in [1.29, 1.82) is 0 Å². The summed E-state index contributed by atoms with van der Waals surface area (Å²) in [6.45, 7) is 8.74. The van der Waals surface area contributed by atoms with Crippen LogP contribution in [0.5, 0.6) is 0 Å². The first-order chi connectivity index (χ1) is 14.9. The van der Waals surface area contributed by atoms with E-state index in [1.54, 1.807) is 18.2 Å². The smallest absolute Gasteiger partial charge is 0.261 e. The zero-order valence-electron chi connectivity index (χ0n) is 19.3. The molecule has 8 nitrogen and oxygen atoms in total. The number of benzene rings is 1. The average molecular weight is 441 g/mol. The second-order valence-corrected chi connectivity index (χ2v) is 9.88. The topological polar surface area (TPSA) is 90.5 Å². The van der Waals surface area contributed by atoms with Gasteiger partial charge in [-0.05, 0) is 65.8 Å². The van der Waals surface area contributed by atoms with Crippen molar-refractivity contribution in [1.82, 2.24) is 19.8 Å². The van der Waals surface area contributed by atoms with E-state index in [0.29, 0.717) is 16.8 Å². The lowest BCUT2D eigenvalue weighted by molar-refractivity contribution is -0.00778. The molecule has 0 bridgehead atoms. The van der Waals surface area contributed by atoms with E-state index < -0.39 is 5.82 Å². The molecule has 2 amide bonds. The number of nitrogens with one attached hydrogen (secondary N) is 2. The average Bonchev–Trinajstić information content (AvgIpc) is 2.92. The van der Waals surface area contributed by atoms with Crippen molar-refractivity contribution in [2.45, 2.75) is 57.7 Å². The van der Waals surface area contributed by atoms with E-state index >= 15 is 0 Å². The summed E-state index contributed by atoms with van der Waals surface area (Å²) in [6, 6.07) is 4.89. The highest BCUT2D eigenvalue weighted by atomic mass is 19.1. The van der Waals surface area contributed by atoms with Crippen molar-refractivity contribution < 1.29 is 14.0 Å². The van der Waals surface area contributed by atoms with Gasteiger partial charge in [0.25, 0.3) is 11.8 Å². The van der Waals surface area contributed by atoms with Gasteiger partial charge in [0.05, 0.1) is 17.3 Å². The van der Waals surface area contributed by atoms with Gasteiger partial charge in [-0.25, -0.2) is 9.37 Å². The van der Waals surface area contributed by atoms with E-state index in [9.17, 15) is 14.0 Å². The number of hydrogen-bond donors (Lipinski definition) is 2. The van der Waals surface area contributed by atoms with Gasteiger partial charge in [0.1, 0.15) is 0 Å². The van der Waals surface area contributed by atoms with Gasteiger partial charge in [-0.15, -0.1) is 0 Å². The second-order valence-electron chi connectivity index (χ2n) is 9.88. The van der Waals surface area contributed by atoms with Gasteiger partial charge in [0.15, 0.2) is 11.6 Å². The lowest BCUT2D eigenvalue weighted by atomic mass is 9.77. The molecule has 0 saturated carbocycles. The van der Waals surface area contributed by atoms with Gasteiger partial charge < -0.3 is 10.6 Å². The van der Waals surface area contributed by atoms with Crippen LogP contribution >= 0.6 is 0 Å². The zero-order valence-corrected chi connectivity index (χ0v) is 19.3. The Hall–Kier alpha value is -3.07. The molecule has 9 heteroatoms. The molecule has 2 aliphatic heterocycles. The molecule has 3 heterocycles.